The molecular formula is C8H14N2O5S2. The van der Waals surface area contributed by atoms with Gasteiger partial charge in [-0.05, 0) is 6.42 Å². The maximum Gasteiger partial charge on any atom is 0.303 e. The highest BCUT2D eigenvalue weighted by atomic mass is 32.2. The molecule has 0 spiro atoms. The van der Waals surface area contributed by atoms with Gasteiger partial charge in [-0.25, -0.2) is 0 Å². The molecule has 1 saturated heterocycles. The Morgan fingerprint density at radius 1 is 1.59 bits per heavy atom. The molecule has 7 nitrogen and oxygen atoms in total. The number of carboxylic acid groups (broad SMARTS) is 1. The van der Waals surface area contributed by atoms with Crippen LogP contribution in [0.4, 0.5) is 0 Å². The fourth-order valence-electron chi connectivity index (χ4n) is 1.10. The first-order valence-electron chi connectivity index (χ1n) is 4.87. The van der Waals surface area contributed by atoms with Crippen LogP contribution in [0.5, 0.6) is 0 Å². The number of carbonyl (C=O) groups excluding carboxylic acids is 1. The molecule has 0 bridgehead atoms. The summed E-state index contributed by atoms with van der Waals surface area (Å²) in [7, 11) is 0. The average molecular weight is 282 g/mol. The molecule has 3 atom stereocenters. The molecule has 1 unspecified atom stereocenters. The van der Waals surface area contributed by atoms with Crippen LogP contribution in [0.3, 0.4) is 0 Å². The molecule has 0 aromatic rings. The van der Waals surface area contributed by atoms with E-state index in [4.69, 9.17) is 15.0 Å². The quantitative estimate of drug-likeness (QED) is 0.228. The Kier molecular flexibility index (Phi) is 5.07. The van der Waals surface area contributed by atoms with E-state index in [1.54, 1.807) is 0 Å². The van der Waals surface area contributed by atoms with Crippen LogP contribution in [0.1, 0.15) is 12.8 Å². The molecule has 1 rings (SSSR count). The number of nitrogens with two attached hydrogens (primary N) is 1. The molecule has 1 aliphatic heterocycles. The summed E-state index contributed by atoms with van der Waals surface area (Å²) in [4.78, 5) is 21.9. The smallest absolute Gasteiger partial charge is 0.303 e. The molecule has 0 aromatic heterocycles. The van der Waals surface area contributed by atoms with E-state index in [1.807, 2.05) is 0 Å². The number of rotatable bonds is 7. The maximum absolute atomic E-state index is 11.6. The van der Waals surface area contributed by atoms with Crippen molar-refractivity contribution in [2.45, 2.75) is 30.0 Å². The summed E-state index contributed by atoms with van der Waals surface area (Å²) in [5, 5.41) is 19.1. The lowest BCUT2D eigenvalue weighted by Crippen LogP contribution is -2.51. The number of carboxylic acids is 1. The molecule has 0 radical (unpaired) electrons. The van der Waals surface area contributed by atoms with Crippen molar-refractivity contribution in [2.75, 3.05) is 5.75 Å². The minimum absolute atomic E-state index is 0.0346. The minimum Gasteiger partial charge on any atom is -0.481 e. The Morgan fingerprint density at radius 2 is 2.18 bits per heavy atom. The van der Waals surface area contributed by atoms with Gasteiger partial charge >= 0.3 is 5.97 Å². The van der Waals surface area contributed by atoms with Gasteiger partial charge in [-0.2, -0.15) is 12.6 Å². The van der Waals surface area contributed by atoms with E-state index in [-0.39, 0.29) is 18.6 Å². The summed E-state index contributed by atoms with van der Waals surface area (Å²) < 4.78 is 4.70. The SMILES string of the molecule is N[C@@H](CCC(=O)O)C(=O)N[C@@H](CS)C1(O)OS1. The lowest BCUT2D eigenvalue weighted by atomic mass is 10.1. The van der Waals surface area contributed by atoms with Crippen molar-refractivity contribution in [1.82, 2.24) is 5.32 Å². The zero-order valence-corrected chi connectivity index (χ0v) is 10.5. The number of nitrogens with one attached hydrogen (secondary N) is 1. The van der Waals surface area contributed by atoms with Gasteiger partial charge < -0.3 is 21.3 Å². The summed E-state index contributed by atoms with van der Waals surface area (Å²) in [6.45, 7) is 0. The number of hydrogen-bond acceptors (Lipinski definition) is 7. The van der Waals surface area contributed by atoms with Gasteiger partial charge in [-0.15, -0.1) is 0 Å². The third-order valence-electron chi connectivity index (χ3n) is 2.20. The molecule has 0 aromatic carbocycles. The number of aliphatic carboxylic acids is 1. The molecule has 9 heteroatoms. The predicted octanol–water partition coefficient (Wildman–Crippen LogP) is -1.08. The van der Waals surface area contributed by atoms with Gasteiger partial charge in [0.25, 0.3) is 5.12 Å². The van der Waals surface area contributed by atoms with E-state index in [1.165, 1.54) is 0 Å². The zero-order valence-electron chi connectivity index (χ0n) is 8.83. The molecule has 17 heavy (non-hydrogen) atoms. The lowest BCUT2D eigenvalue weighted by Gasteiger charge is -2.20. The highest BCUT2D eigenvalue weighted by molar-refractivity contribution is 8.01. The van der Waals surface area contributed by atoms with Crippen LogP contribution in [0.15, 0.2) is 0 Å². The normalized spacial score (nSPS) is 26.1. The molecule has 0 saturated carbocycles. The molecule has 0 aliphatic carbocycles. The third-order valence-corrected chi connectivity index (χ3v) is 3.36. The van der Waals surface area contributed by atoms with Gasteiger partial charge in [-0.1, -0.05) is 0 Å². The number of amides is 1. The molecular weight excluding hydrogens is 268 g/mol. The Labute approximate surface area is 108 Å². The van der Waals surface area contributed by atoms with Crippen LogP contribution in [0.2, 0.25) is 0 Å². The van der Waals surface area contributed by atoms with Crippen LogP contribution >= 0.6 is 24.7 Å². The van der Waals surface area contributed by atoms with Crippen LogP contribution in [-0.4, -0.2) is 45.0 Å². The summed E-state index contributed by atoms with van der Waals surface area (Å²) in [5.74, 6) is -1.37. The molecule has 1 fully saturated rings. The minimum atomic E-state index is -1.44. The Morgan fingerprint density at radius 3 is 2.59 bits per heavy atom. The molecule has 1 aliphatic rings. The fraction of sp³-hybridized carbons (Fsp3) is 0.750. The van der Waals surface area contributed by atoms with Gasteiger partial charge in [0.1, 0.15) is 6.04 Å². The van der Waals surface area contributed by atoms with Gasteiger partial charge in [0, 0.05) is 12.2 Å². The second kappa shape index (κ2) is 5.91. The van der Waals surface area contributed by atoms with Crippen molar-refractivity contribution in [3.05, 3.63) is 0 Å². The van der Waals surface area contributed by atoms with E-state index < -0.39 is 29.1 Å². The van der Waals surface area contributed by atoms with Crippen molar-refractivity contribution in [3.63, 3.8) is 0 Å². The molecule has 98 valence electrons. The first kappa shape index (κ1) is 14.6. The van der Waals surface area contributed by atoms with Crippen molar-refractivity contribution in [2.24, 2.45) is 5.73 Å². The van der Waals surface area contributed by atoms with Crippen molar-refractivity contribution in [3.8, 4) is 0 Å². The number of hydrogen-bond donors (Lipinski definition) is 5. The Bertz CT molecular complexity index is 310. The van der Waals surface area contributed by atoms with E-state index in [2.05, 4.69) is 17.9 Å². The zero-order chi connectivity index (χ0) is 13.1. The number of thiol groups is 1. The van der Waals surface area contributed by atoms with E-state index in [0.717, 1.165) is 12.0 Å². The van der Waals surface area contributed by atoms with Crippen LogP contribution in [0, 0.1) is 0 Å². The first-order chi connectivity index (χ1) is 7.89. The van der Waals surface area contributed by atoms with Crippen molar-refractivity contribution < 1.29 is 24.0 Å². The summed E-state index contributed by atoms with van der Waals surface area (Å²) >= 11 is 4.81. The fourth-order valence-corrected chi connectivity index (χ4v) is 2.02. The topological polar surface area (TPSA) is 125 Å². The monoisotopic (exact) mass is 282 g/mol. The van der Waals surface area contributed by atoms with E-state index in [9.17, 15) is 14.7 Å². The molecule has 5 N–H and O–H groups in total. The second-order valence-corrected chi connectivity index (χ2v) is 4.86. The summed E-state index contributed by atoms with van der Waals surface area (Å²) in [5.41, 5.74) is 5.50. The summed E-state index contributed by atoms with van der Waals surface area (Å²) in [6, 6.07) is -1.61. The maximum atomic E-state index is 11.6. The standard InChI is InChI=1S/C8H14N2O5S2/c9-4(1-2-6(11)12)7(13)10-5(3-16)8(14)15-17-8/h4-5,14,16H,1-3,9H2,(H,10,13)(H,11,12)/t4-,5-,8?/m0/s1. The van der Waals surface area contributed by atoms with Crippen molar-refractivity contribution in [1.29, 1.82) is 0 Å². The van der Waals surface area contributed by atoms with Gasteiger partial charge in [0.2, 0.25) is 5.91 Å². The van der Waals surface area contributed by atoms with Gasteiger partial charge in [0.05, 0.1) is 18.1 Å². The first-order valence-corrected chi connectivity index (χ1v) is 6.24. The highest BCUT2D eigenvalue weighted by Crippen LogP contribution is 2.47. The van der Waals surface area contributed by atoms with E-state index in [0.29, 0.717) is 0 Å². The van der Waals surface area contributed by atoms with Crippen LogP contribution in [0.25, 0.3) is 0 Å². The summed E-state index contributed by atoms with van der Waals surface area (Å²) in [6.07, 6.45) is -0.150. The Hall–Kier alpha value is -0.480. The van der Waals surface area contributed by atoms with Crippen LogP contribution < -0.4 is 11.1 Å². The average Bonchev–Trinajstić information content (AvgIpc) is 3.01. The van der Waals surface area contributed by atoms with Gasteiger partial charge in [0.15, 0.2) is 0 Å². The van der Waals surface area contributed by atoms with E-state index >= 15 is 0 Å². The highest BCUT2D eigenvalue weighted by Gasteiger charge is 2.53. The third kappa shape index (κ3) is 4.36. The molecule has 1 amide bonds. The number of aliphatic hydroxyl groups is 1. The number of carbonyl (C=O) groups is 2. The largest absolute Gasteiger partial charge is 0.481 e. The van der Waals surface area contributed by atoms with Crippen LogP contribution in [-0.2, 0) is 13.8 Å². The molecule has 1 heterocycles. The van der Waals surface area contributed by atoms with Crippen molar-refractivity contribution >= 4 is 36.5 Å². The Balaban J connectivity index is 2.39. The predicted molar refractivity (Wildman–Crippen MR) is 64.3 cm³/mol. The lowest BCUT2D eigenvalue weighted by molar-refractivity contribution is -0.137. The van der Waals surface area contributed by atoms with Gasteiger partial charge in [-0.3, -0.25) is 13.8 Å². The second-order valence-electron chi connectivity index (χ2n) is 3.58.